The number of halogens is 1. The van der Waals surface area contributed by atoms with Crippen molar-refractivity contribution in [1.82, 2.24) is 20.2 Å². The summed E-state index contributed by atoms with van der Waals surface area (Å²) in [5, 5.41) is 12.1. The van der Waals surface area contributed by atoms with Crippen LogP contribution in [0.1, 0.15) is 5.56 Å². The molecule has 128 valence electrons. The molecule has 0 atom stereocenters. The number of benzene rings is 2. The molecule has 9 heteroatoms. The fraction of sp³-hybridized carbons (Fsp3) is 0.125. The van der Waals surface area contributed by atoms with Gasteiger partial charge >= 0.3 is 5.69 Å². The van der Waals surface area contributed by atoms with Gasteiger partial charge in [0.1, 0.15) is 5.75 Å². The number of methoxy groups -OCH3 is 1. The molecule has 2 N–H and O–H groups in total. The van der Waals surface area contributed by atoms with Crippen molar-refractivity contribution in [3.8, 4) is 11.4 Å². The fourth-order valence-corrected chi connectivity index (χ4v) is 2.63. The summed E-state index contributed by atoms with van der Waals surface area (Å²) in [5.41, 5.74) is 1.55. The predicted octanol–water partition coefficient (Wildman–Crippen LogP) is 1.91. The molecule has 0 radical (unpaired) electrons. The Morgan fingerprint density at radius 1 is 1.28 bits per heavy atom. The smallest absolute Gasteiger partial charge is 0.365 e. The van der Waals surface area contributed by atoms with Crippen LogP contribution in [0.4, 0.5) is 5.69 Å². The second-order valence-corrected chi connectivity index (χ2v) is 6.00. The number of carbonyl (C=O) groups is 1. The van der Waals surface area contributed by atoms with Crippen LogP contribution in [0.2, 0.25) is 0 Å². The maximum absolute atomic E-state index is 12.2. The van der Waals surface area contributed by atoms with Crippen molar-refractivity contribution in [2.75, 3.05) is 12.4 Å². The Morgan fingerprint density at radius 3 is 2.68 bits per heavy atom. The van der Waals surface area contributed by atoms with Crippen LogP contribution in [0, 0.1) is 0 Å². The lowest BCUT2D eigenvalue weighted by Gasteiger charge is -2.09. The molecule has 1 heterocycles. The van der Waals surface area contributed by atoms with Crippen LogP contribution in [0.5, 0.6) is 5.75 Å². The lowest BCUT2D eigenvalue weighted by molar-refractivity contribution is -0.115. The number of hydrogen-bond donors (Lipinski definition) is 2. The topological polar surface area (TPSA) is 102 Å². The number of nitrogens with one attached hydrogen (secondary N) is 2. The number of aromatic amines is 1. The number of tetrazole rings is 1. The van der Waals surface area contributed by atoms with Crippen molar-refractivity contribution in [3.63, 3.8) is 0 Å². The molecule has 0 aliphatic carbocycles. The van der Waals surface area contributed by atoms with Gasteiger partial charge in [0.25, 0.3) is 0 Å². The molecule has 1 aromatic heterocycles. The van der Waals surface area contributed by atoms with E-state index in [1.807, 2.05) is 18.2 Å². The molecule has 0 aliphatic rings. The molecular weight excluding hydrogens is 390 g/mol. The van der Waals surface area contributed by atoms with E-state index < -0.39 is 5.69 Å². The fourth-order valence-electron chi connectivity index (χ4n) is 2.24. The first kappa shape index (κ1) is 16.9. The van der Waals surface area contributed by atoms with Gasteiger partial charge in [-0.15, -0.1) is 0 Å². The Hall–Kier alpha value is -2.94. The van der Waals surface area contributed by atoms with E-state index in [9.17, 15) is 9.59 Å². The maximum Gasteiger partial charge on any atom is 0.365 e. The zero-order valence-electron chi connectivity index (χ0n) is 13.2. The molecule has 0 aliphatic heterocycles. The van der Waals surface area contributed by atoms with Crippen LogP contribution < -0.4 is 15.7 Å². The van der Waals surface area contributed by atoms with Gasteiger partial charge in [0, 0.05) is 10.2 Å². The third kappa shape index (κ3) is 3.94. The first-order chi connectivity index (χ1) is 12.1. The highest BCUT2D eigenvalue weighted by atomic mass is 79.9. The molecule has 0 saturated heterocycles. The molecule has 25 heavy (non-hydrogen) atoms. The molecule has 0 spiro atoms. The zero-order valence-corrected chi connectivity index (χ0v) is 14.8. The molecule has 0 fully saturated rings. The van der Waals surface area contributed by atoms with Gasteiger partial charge in [0.05, 0.1) is 19.2 Å². The largest absolute Gasteiger partial charge is 0.497 e. The molecule has 0 bridgehead atoms. The standard InChI is InChI=1S/C16H14BrN5O3/c1-25-13-6-7-14(17)10(8-13)9-15(23)18-11-2-4-12(5-3-11)22-16(24)19-20-21-22/h2-8H,9H2,1H3,(H,18,23)(H,19,21,24). The Balaban J connectivity index is 1.69. The Kier molecular flexibility index (Phi) is 4.94. The number of carbonyl (C=O) groups excluding carboxylic acids is 1. The maximum atomic E-state index is 12.2. The van der Waals surface area contributed by atoms with Crippen LogP contribution in [0.3, 0.4) is 0 Å². The minimum atomic E-state index is -0.431. The number of H-pyrrole nitrogens is 1. The highest BCUT2D eigenvalue weighted by Crippen LogP contribution is 2.23. The highest BCUT2D eigenvalue weighted by molar-refractivity contribution is 9.10. The van der Waals surface area contributed by atoms with Gasteiger partial charge in [0.15, 0.2) is 0 Å². The molecular formula is C16H14BrN5O3. The van der Waals surface area contributed by atoms with Crippen LogP contribution in [0.25, 0.3) is 5.69 Å². The molecule has 1 amide bonds. The van der Waals surface area contributed by atoms with E-state index in [0.29, 0.717) is 17.1 Å². The quantitative estimate of drug-likeness (QED) is 0.677. The minimum Gasteiger partial charge on any atom is -0.497 e. The van der Waals surface area contributed by atoms with Crippen molar-refractivity contribution in [1.29, 1.82) is 0 Å². The number of hydrogen-bond acceptors (Lipinski definition) is 5. The van der Waals surface area contributed by atoms with Crippen molar-refractivity contribution in [3.05, 3.63) is 63.0 Å². The summed E-state index contributed by atoms with van der Waals surface area (Å²) in [7, 11) is 1.58. The number of amides is 1. The van der Waals surface area contributed by atoms with Gasteiger partial charge in [-0.1, -0.05) is 15.9 Å². The number of aromatic nitrogens is 4. The first-order valence-electron chi connectivity index (χ1n) is 7.30. The number of ether oxygens (including phenoxy) is 1. The van der Waals surface area contributed by atoms with E-state index >= 15 is 0 Å². The monoisotopic (exact) mass is 403 g/mol. The van der Waals surface area contributed by atoms with E-state index in [0.717, 1.165) is 14.7 Å². The van der Waals surface area contributed by atoms with E-state index in [1.165, 1.54) is 0 Å². The van der Waals surface area contributed by atoms with Crippen LogP contribution in [-0.2, 0) is 11.2 Å². The molecule has 8 nitrogen and oxygen atoms in total. The lowest BCUT2D eigenvalue weighted by Crippen LogP contribution is -2.17. The van der Waals surface area contributed by atoms with Gasteiger partial charge in [0.2, 0.25) is 5.91 Å². The van der Waals surface area contributed by atoms with Gasteiger partial charge < -0.3 is 10.1 Å². The summed E-state index contributed by atoms with van der Waals surface area (Å²) < 4.78 is 7.14. The van der Waals surface area contributed by atoms with E-state index in [4.69, 9.17) is 4.74 Å². The zero-order chi connectivity index (χ0) is 17.8. The third-order valence-electron chi connectivity index (χ3n) is 3.47. The number of anilines is 1. The second-order valence-electron chi connectivity index (χ2n) is 5.15. The van der Waals surface area contributed by atoms with Gasteiger partial charge in [-0.3, -0.25) is 4.79 Å². The second kappa shape index (κ2) is 7.31. The highest BCUT2D eigenvalue weighted by Gasteiger charge is 2.09. The van der Waals surface area contributed by atoms with Gasteiger partial charge in [-0.25, -0.2) is 9.89 Å². The van der Waals surface area contributed by atoms with Crippen LogP contribution in [-0.4, -0.2) is 33.2 Å². The molecule has 3 rings (SSSR count). The number of nitrogens with zero attached hydrogens (tertiary/aromatic N) is 3. The Labute approximate surface area is 150 Å². The predicted molar refractivity (Wildman–Crippen MR) is 95.0 cm³/mol. The third-order valence-corrected chi connectivity index (χ3v) is 4.25. The SMILES string of the molecule is COc1ccc(Br)c(CC(=O)Nc2ccc(-n3nn[nH]c3=O)cc2)c1. The summed E-state index contributed by atoms with van der Waals surface area (Å²) in [6.07, 6.45) is 0.197. The lowest BCUT2D eigenvalue weighted by atomic mass is 10.1. The average Bonchev–Trinajstić information content (AvgIpc) is 3.03. The first-order valence-corrected chi connectivity index (χ1v) is 8.09. The minimum absolute atomic E-state index is 0.166. The van der Waals surface area contributed by atoms with Crippen molar-refractivity contribution in [2.24, 2.45) is 0 Å². The van der Waals surface area contributed by atoms with Crippen molar-refractivity contribution >= 4 is 27.5 Å². The summed E-state index contributed by atoms with van der Waals surface area (Å²) in [6, 6.07) is 12.2. The van der Waals surface area contributed by atoms with Gasteiger partial charge in [-0.2, -0.15) is 4.68 Å². The summed E-state index contributed by atoms with van der Waals surface area (Å²) in [6.45, 7) is 0. The molecule has 2 aromatic carbocycles. The molecule has 0 saturated carbocycles. The Morgan fingerprint density at radius 2 is 2.04 bits per heavy atom. The Bertz CT molecular complexity index is 949. The summed E-state index contributed by atoms with van der Waals surface area (Å²) in [5.74, 6) is 0.522. The summed E-state index contributed by atoms with van der Waals surface area (Å²) >= 11 is 3.43. The molecule has 0 unspecified atom stereocenters. The van der Waals surface area contributed by atoms with Crippen LogP contribution >= 0.6 is 15.9 Å². The van der Waals surface area contributed by atoms with E-state index in [2.05, 4.69) is 36.8 Å². The van der Waals surface area contributed by atoms with Crippen LogP contribution in [0.15, 0.2) is 51.7 Å². The normalized spacial score (nSPS) is 10.5. The van der Waals surface area contributed by atoms with Crippen molar-refractivity contribution in [2.45, 2.75) is 6.42 Å². The van der Waals surface area contributed by atoms with E-state index in [-0.39, 0.29) is 12.3 Å². The number of rotatable bonds is 5. The van der Waals surface area contributed by atoms with Crippen molar-refractivity contribution < 1.29 is 9.53 Å². The van der Waals surface area contributed by atoms with Gasteiger partial charge in [-0.05, 0) is 58.5 Å². The van der Waals surface area contributed by atoms with E-state index in [1.54, 1.807) is 31.4 Å². The molecule has 3 aromatic rings. The summed E-state index contributed by atoms with van der Waals surface area (Å²) in [4.78, 5) is 23.7. The average molecular weight is 404 g/mol.